The van der Waals surface area contributed by atoms with Crippen LogP contribution < -0.4 is 4.72 Å². The van der Waals surface area contributed by atoms with Gasteiger partial charge in [0.2, 0.25) is 0 Å². The van der Waals surface area contributed by atoms with Crippen molar-refractivity contribution < 1.29 is 22.7 Å². The molecule has 1 aromatic heterocycles. The lowest BCUT2D eigenvalue weighted by molar-refractivity contribution is -0.137. The molecule has 28 heavy (non-hydrogen) atoms. The van der Waals surface area contributed by atoms with E-state index >= 15 is 0 Å². The number of carbonyl (C=O) groups is 1. The van der Waals surface area contributed by atoms with Gasteiger partial charge in [0, 0.05) is 16.6 Å². The molecule has 0 atom stereocenters. The Labute approximate surface area is 160 Å². The smallest absolute Gasteiger partial charge is 0.323 e. The first-order valence-corrected chi connectivity index (χ1v) is 9.91. The average Bonchev–Trinajstić information content (AvgIpc) is 2.86. The fourth-order valence-corrected chi connectivity index (χ4v) is 4.47. The molecule has 0 saturated carbocycles. The van der Waals surface area contributed by atoms with Gasteiger partial charge in [0.05, 0.1) is 5.69 Å². The number of sulfonamides is 1. The highest BCUT2D eigenvalue weighted by molar-refractivity contribution is 7.90. The molecule has 0 saturated heterocycles. The second kappa shape index (κ2) is 6.45. The Morgan fingerprint density at radius 1 is 1.25 bits per heavy atom. The van der Waals surface area contributed by atoms with Crippen LogP contribution in [0.3, 0.4) is 0 Å². The molecule has 2 N–H and O–H groups in total. The third kappa shape index (κ3) is 3.03. The van der Waals surface area contributed by atoms with E-state index < -0.39 is 21.8 Å². The summed E-state index contributed by atoms with van der Waals surface area (Å²) in [4.78, 5) is 15.4. The van der Waals surface area contributed by atoms with E-state index in [1.165, 1.54) is 18.2 Å². The van der Waals surface area contributed by atoms with Crippen LogP contribution >= 0.6 is 0 Å². The highest BCUT2D eigenvalue weighted by Gasteiger charge is 2.22. The lowest BCUT2D eigenvalue weighted by atomic mass is 10.0. The molecule has 0 radical (unpaired) electrons. The zero-order valence-electron chi connectivity index (χ0n) is 14.8. The van der Waals surface area contributed by atoms with E-state index in [1.54, 1.807) is 29.7 Å². The highest BCUT2D eigenvalue weighted by atomic mass is 32.2. The Balaban J connectivity index is 1.83. The van der Waals surface area contributed by atoms with Gasteiger partial charge in [0.25, 0.3) is 10.0 Å². The number of nitrogens with one attached hydrogen (secondary N) is 1. The topological polar surface area (TPSA) is 101 Å². The Bertz CT molecular complexity index is 1260. The summed E-state index contributed by atoms with van der Waals surface area (Å²) in [6.07, 6.45) is 1.51. The number of nitrogens with zero attached hydrogens (tertiary/aromatic N) is 2. The minimum atomic E-state index is -3.61. The molecule has 0 fully saturated rings. The fourth-order valence-electron chi connectivity index (χ4n) is 3.52. The summed E-state index contributed by atoms with van der Waals surface area (Å²) in [6, 6.07) is 9.09. The minimum Gasteiger partial charge on any atom is -0.480 e. The lowest BCUT2D eigenvalue weighted by Crippen LogP contribution is -2.24. The van der Waals surface area contributed by atoms with E-state index in [2.05, 4.69) is 9.71 Å². The van der Waals surface area contributed by atoms with Crippen molar-refractivity contribution >= 4 is 38.9 Å². The Kier molecular flexibility index (Phi) is 4.19. The minimum absolute atomic E-state index is 0.0924. The summed E-state index contributed by atoms with van der Waals surface area (Å²) >= 11 is 0. The van der Waals surface area contributed by atoms with E-state index in [1.807, 2.05) is 0 Å². The number of hydrogen-bond donors (Lipinski definition) is 2. The van der Waals surface area contributed by atoms with Crippen molar-refractivity contribution in [2.75, 3.05) is 0 Å². The van der Waals surface area contributed by atoms with Gasteiger partial charge in [0.1, 0.15) is 23.6 Å². The van der Waals surface area contributed by atoms with Crippen LogP contribution in [0.25, 0.3) is 10.9 Å². The largest absolute Gasteiger partial charge is 0.480 e. The van der Waals surface area contributed by atoms with Gasteiger partial charge in [-0.1, -0.05) is 6.07 Å². The van der Waals surface area contributed by atoms with Gasteiger partial charge in [-0.3, -0.25) is 9.52 Å². The van der Waals surface area contributed by atoms with Crippen molar-refractivity contribution in [3.63, 3.8) is 0 Å². The number of aliphatic carboxylic acids is 1. The van der Waals surface area contributed by atoms with Crippen molar-refractivity contribution in [3.05, 3.63) is 59.0 Å². The quantitative estimate of drug-likeness (QED) is 0.702. The highest BCUT2D eigenvalue weighted by Crippen LogP contribution is 2.32. The first kappa shape index (κ1) is 18.2. The molecule has 9 heteroatoms. The number of carboxylic acids is 1. The molecule has 0 amide bonds. The Morgan fingerprint density at radius 3 is 2.79 bits per heavy atom. The second-order valence-corrected chi connectivity index (χ2v) is 8.25. The maximum absolute atomic E-state index is 13.9. The number of fused-ring (bicyclic) bond motifs is 2. The van der Waals surface area contributed by atoms with Crippen LogP contribution in [0, 0.1) is 12.7 Å². The number of aromatic nitrogens is 1. The van der Waals surface area contributed by atoms with Crippen molar-refractivity contribution in [1.29, 1.82) is 0 Å². The first-order chi connectivity index (χ1) is 13.3. The molecule has 0 bridgehead atoms. The molecule has 0 spiro atoms. The summed E-state index contributed by atoms with van der Waals surface area (Å²) in [5, 5.41) is 9.85. The molecule has 1 aliphatic heterocycles. The lowest BCUT2D eigenvalue weighted by Gasteiger charge is -2.13. The van der Waals surface area contributed by atoms with Crippen molar-refractivity contribution in [3.8, 4) is 0 Å². The predicted molar refractivity (Wildman–Crippen MR) is 102 cm³/mol. The number of benzene rings is 2. The van der Waals surface area contributed by atoms with Crippen molar-refractivity contribution in [1.82, 2.24) is 9.29 Å². The molecular formula is C19H16FN3O4S. The second-order valence-electron chi connectivity index (χ2n) is 6.56. The van der Waals surface area contributed by atoms with Crippen LogP contribution in [0.5, 0.6) is 0 Å². The average molecular weight is 401 g/mol. The summed E-state index contributed by atoms with van der Waals surface area (Å²) < 4.78 is 41.7. The molecule has 2 heterocycles. The standard InChI is InChI=1S/C19H16FN3O4S/c1-11-14(15-8-13(20)3-4-17(15)23(11)9-19(24)25)6-12-2-5-18-16(7-12)21-10-22-28(18,26)27/h2-5,7-8,10H,6,9H2,1H3,(H,21,22)(H,24,25). The van der Waals surface area contributed by atoms with Crippen LogP contribution in [-0.4, -0.2) is 30.4 Å². The van der Waals surface area contributed by atoms with Gasteiger partial charge in [-0.2, -0.15) is 0 Å². The summed E-state index contributed by atoms with van der Waals surface area (Å²) in [6.45, 7) is 1.56. The van der Waals surface area contributed by atoms with Crippen LogP contribution in [0.15, 0.2) is 46.3 Å². The summed E-state index contributed by atoms with van der Waals surface area (Å²) in [7, 11) is -3.61. The van der Waals surface area contributed by atoms with Gasteiger partial charge in [0.15, 0.2) is 0 Å². The molecule has 2 aromatic carbocycles. The predicted octanol–water partition coefficient (Wildman–Crippen LogP) is 2.72. The molecule has 1 aliphatic rings. The Morgan fingerprint density at radius 2 is 2.04 bits per heavy atom. The molecule has 3 aromatic rings. The molecule has 4 rings (SSSR count). The summed E-state index contributed by atoms with van der Waals surface area (Å²) in [5.74, 6) is -1.40. The van der Waals surface area contributed by atoms with Gasteiger partial charge >= 0.3 is 5.97 Å². The van der Waals surface area contributed by atoms with Crippen LogP contribution in [-0.2, 0) is 27.8 Å². The SMILES string of the molecule is Cc1c(Cc2ccc3c(c2)N=CNS3(=O)=O)c2cc(F)ccc2n1CC(=O)O. The number of halogens is 1. The zero-order valence-corrected chi connectivity index (χ0v) is 15.6. The van der Waals surface area contributed by atoms with Gasteiger partial charge in [-0.05, 0) is 54.8 Å². The van der Waals surface area contributed by atoms with Crippen molar-refractivity contribution in [2.45, 2.75) is 24.8 Å². The number of aliphatic imine (C=N–C) groups is 1. The third-order valence-electron chi connectivity index (χ3n) is 4.81. The monoisotopic (exact) mass is 401 g/mol. The molecule has 0 aliphatic carbocycles. The normalized spacial score (nSPS) is 14.6. The maximum Gasteiger partial charge on any atom is 0.323 e. The number of rotatable bonds is 4. The van der Waals surface area contributed by atoms with Gasteiger partial charge in [-0.15, -0.1) is 0 Å². The van der Waals surface area contributed by atoms with E-state index in [-0.39, 0.29) is 11.4 Å². The fraction of sp³-hybridized carbons (Fsp3) is 0.158. The molecular weight excluding hydrogens is 385 g/mol. The van der Waals surface area contributed by atoms with Crippen molar-refractivity contribution in [2.24, 2.45) is 4.99 Å². The molecule has 0 unspecified atom stereocenters. The number of carboxylic acid groups (broad SMARTS) is 1. The van der Waals surface area contributed by atoms with Crippen LogP contribution in [0.1, 0.15) is 16.8 Å². The third-order valence-corrected chi connectivity index (χ3v) is 6.15. The van der Waals surface area contributed by atoms with E-state index in [0.29, 0.717) is 23.0 Å². The van der Waals surface area contributed by atoms with Crippen LogP contribution in [0.2, 0.25) is 0 Å². The van der Waals surface area contributed by atoms with Crippen LogP contribution in [0.4, 0.5) is 10.1 Å². The summed E-state index contributed by atoms with van der Waals surface area (Å²) in [5.41, 5.74) is 3.26. The van der Waals surface area contributed by atoms with E-state index in [0.717, 1.165) is 23.2 Å². The molecule has 144 valence electrons. The van der Waals surface area contributed by atoms with E-state index in [4.69, 9.17) is 0 Å². The first-order valence-electron chi connectivity index (χ1n) is 8.43. The zero-order chi connectivity index (χ0) is 20.1. The van der Waals surface area contributed by atoms with E-state index in [9.17, 15) is 22.7 Å². The maximum atomic E-state index is 13.9. The van der Waals surface area contributed by atoms with Gasteiger partial charge < -0.3 is 9.67 Å². The Hall–Kier alpha value is -3.20. The van der Waals surface area contributed by atoms with Gasteiger partial charge in [-0.25, -0.2) is 17.8 Å². The molecule has 7 nitrogen and oxygen atoms in total. The number of hydrogen-bond acceptors (Lipinski definition) is 4.